The van der Waals surface area contributed by atoms with Gasteiger partial charge in [0, 0.05) is 0 Å². The molecule has 0 spiro atoms. The van der Waals surface area contributed by atoms with Crippen molar-refractivity contribution in [1.82, 2.24) is 39.5 Å². The van der Waals surface area contributed by atoms with Crippen LogP contribution in [0.5, 0.6) is 0 Å². The van der Waals surface area contributed by atoms with Crippen LogP contribution in [0.15, 0.2) is 19.0 Å². The third kappa shape index (κ3) is 1.27. The Labute approximate surface area is 109 Å². The smallest absolute Gasteiger partial charge is 0.354 e. The van der Waals surface area contributed by atoms with Crippen LogP contribution in [0.3, 0.4) is 0 Å². The first kappa shape index (κ1) is 10.6. The van der Waals surface area contributed by atoms with Gasteiger partial charge in [-0.2, -0.15) is 0 Å². The zero-order chi connectivity index (χ0) is 13.7. The number of carboxylic acid groups (broad SMARTS) is 1. The lowest BCUT2D eigenvalue weighted by Gasteiger charge is -1.97. The number of nitrogens with one attached hydrogen (secondary N) is 2. The van der Waals surface area contributed by atoms with Crippen LogP contribution in [-0.2, 0) is 0 Å². The van der Waals surface area contributed by atoms with Crippen molar-refractivity contribution in [2.75, 3.05) is 0 Å². The second-order valence-electron chi connectivity index (χ2n) is 3.99. The third-order valence-corrected chi connectivity index (χ3v) is 2.90. The SMILES string of the molecule is O=C(O)c1[nH]cnc1-c1nnc2c3[nH]cnc3ncn12. The van der Waals surface area contributed by atoms with E-state index in [1.54, 1.807) is 4.40 Å². The van der Waals surface area contributed by atoms with Crippen LogP contribution < -0.4 is 0 Å². The van der Waals surface area contributed by atoms with Gasteiger partial charge in [-0.05, 0) is 0 Å². The molecule has 0 aliphatic rings. The fraction of sp³-hybridized carbons (Fsp3) is 0. The molecule has 0 saturated carbocycles. The first-order valence-corrected chi connectivity index (χ1v) is 5.55. The van der Waals surface area contributed by atoms with Gasteiger partial charge in [0.25, 0.3) is 0 Å². The Morgan fingerprint density at radius 1 is 1.15 bits per heavy atom. The molecule has 10 heteroatoms. The number of aromatic nitrogens is 8. The zero-order valence-corrected chi connectivity index (χ0v) is 9.77. The molecule has 0 aliphatic heterocycles. The van der Waals surface area contributed by atoms with E-state index in [0.29, 0.717) is 22.6 Å². The lowest BCUT2D eigenvalue weighted by molar-refractivity contribution is 0.0692. The van der Waals surface area contributed by atoms with Crippen molar-refractivity contribution in [3.05, 3.63) is 24.7 Å². The number of carboxylic acids is 1. The van der Waals surface area contributed by atoms with Crippen molar-refractivity contribution in [2.24, 2.45) is 0 Å². The summed E-state index contributed by atoms with van der Waals surface area (Å²) in [5.41, 5.74) is 1.78. The van der Waals surface area contributed by atoms with E-state index in [4.69, 9.17) is 5.11 Å². The molecule has 0 saturated heterocycles. The molecule has 4 heterocycles. The summed E-state index contributed by atoms with van der Waals surface area (Å²) in [6.07, 6.45) is 4.28. The van der Waals surface area contributed by atoms with Gasteiger partial charge in [-0.25, -0.2) is 19.7 Å². The van der Waals surface area contributed by atoms with E-state index in [2.05, 4.69) is 35.1 Å². The highest BCUT2D eigenvalue weighted by Crippen LogP contribution is 2.21. The van der Waals surface area contributed by atoms with Gasteiger partial charge in [0.05, 0.1) is 12.7 Å². The summed E-state index contributed by atoms with van der Waals surface area (Å²) >= 11 is 0. The molecule has 4 aromatic rings. The van der Waals surface area contributed by atoms with E-state index in [0.717, 1.165) is 0 Å². The summed E-state index contributed by atoms with van der Waals surface area (Å²) in [7, 11) is 0. The minimum absolute atomic E-state index is 0.0518. The quantitative estimate of drug-likeness (QED) is 0.469. The maximum atomic E-state index is 11.1. The monoisotopic (exact) mass is 270 g/mol. The number of carbonyl (C=O) groups is 1. The Morgan fingerprint density at radius 3 is 2.85 bits per heavy atom. The van der Waals surface area contributed by atoms with Crippen molar-refractivity contribution in [3.63, 3.8) is 0 Å². The van der Waals surface area contributed by atoms with E-state index in [9.17, 15) is 4.79 Å². The highest BCUT2D eigenvalue weighted by molar-refractivity contribution is 5.92. The van der Waals surface area contributed by atoms with E-state index >= 15 is 0 Å². The van der Waals surface area contributed by atoms with Gasteiger partial charge in [-0.3, -0.25) is 4.40 Å². The Bertz CT molecular complexity index is 949. The second kappa shape index (κ2) is 3.60. The summed E-state index contributed by atoms with van der Waals surface area (Å²) in [5, 5.41) is 17.1. The summed E-state index contributed by atoms with van der Waals surface area (Å²) in [6.45, 7) is 0. The summed E-state index contributed by atoms with van der Waals surface area (Å²) < 4.78 is 1.56. The fourth-order valence-corrected chi connectivity index (χ4v) is 2.02. The molecule has 10 nitrogen and oxygen atoms in total. The Kier molecular flexibility index (Phi) is 1.91. The van der Waals surface area contributed by atoms with Crippen LogP contribution in [-0.4, -0.2) is 50.6 Å². The van der Waals surface area contributed by atoms with Crippen LogP contribution in [0.25, 0.3) is 28.3 Å². The number of hydrogen-bond donors (Lipinski definition) is 3. The van der Waals surface area contributed by atoms with Crippen molar-refractivity contribution >= 4 is 22.8 Å². The van der Waals surface area contributed by atoms with Crippen LogP contribution in [0, 0.1) is 0 Å². The van der Waals surface area contributed by atoms with E-state index in [1.165, 1.54) is 19.0 Å². The summed E-state index contributed by atoms with van der Waals surface area (Å²) in [5.74, 6) is -0.826. The molecule has 4 aromatic heterocycles. The maximum Gasteiger partial charge on any atom is 0.354 e. The third-order valence-electron chi connectivity index (χ3n) is 2.90. The lowest BCUT2D eigenvalue weighted by Crippen LogP contribution is -2.01. The summed E-state index contributed by atoms with van der Waals surface area (Å²) in [6, 6.07) is 0. The second-order valence-corrected chi connectivity index (χ2v) is 3.99. The first-order valence-electron chi connectivity index (χ1n) is 5.55. The predicted octanol–water partition coefficient (Wildman–Crippen LogP) is 0.0889. The largest absolute Gasteiger partial charge is 0.477 e. The molecule has 0 aromatic carbocycles. The van der Waals surface area contributed by atoms with Crippen molar-refractivity contribution < 1.29 is 9.90 Å². The molecule has 0 fully saturated rings. The van der Waals surface area contributed by atoms with Crippen LogP contribution in [0.1, 0.15) is 10.5 Å². The molecular formula is C10H6N8O2. The molecule has 0 unspecified atom stereocenters. The molecule has 20 heavy (non-hydrogen) atoms. The number of H-pyrrole nitrogens is 2. The van der Waals surface area contributed by atoms with E-state index < -0.39 is 5.97 Å². The fourth-order valence-electron chi connectivity index (χ4n) is 2.02. The highest BCUT2D eigenvalue weighted by atomic mass is 16.4. The van der Waals surface area contributed by atoms with Crippen molar-refractivity contribution in [1.29, 1.82) is 0 Å². The topological polar surface area (TPSA) is 138 Å². The lowest BCUT2D eigenvalue weighted by atomic mass is 10.3. The Balaban J connectivity index is 2.05. The Hall–Kier alpha value is -3.30. The van der Waals surface area contributed by atoms with Crippen LogP contribution >= 0.6 is 0 Å². The normalized spacial score (nSPS) is 11.4. The molecule has 98 valence electrons. The first-order chi connectivity index (χ1) is 9.75. The molecule has 3 N–H and O–H groups in total. The molecule has 4 rings (SSSR count). The standard InChI is InChI=1S/C10H6N8O2/c19-10(20)5-4(11-1-12-5)8-16-17-9-6-7(14-2-13-6)15-3-18(8)9/h1-3H,(H,11,12)(H,13,14)(H,19,20). The van der Waals surface area contributed by atoms with Crippen LogP contribution in [0.2, 0.25) is 0 Å². The predicted molar refractivity (Wildman–Crippen MR) is 65.0 cm³/mol. The molecule has 0 radical (unpaired) electrons. The Morgan fingerprint density at radius 2 is 2.00 bits per heavy atom. The van der Waals surface area contributed by atoms with Gasteiger partial charge in [-0.15, -0.1) is 10.2 Å². The maximum absolute atomic E-state index is 11.1. The number of aromatic amines is 2. The van der Waals surface area contributed by atoms with Gasteiger partial charge in [0.1, 0.15) is 17.5 Å². The van der Waals surface area contributed by atoms with E-state index in [1.807, 2.05) is 0 Å². The highest BCUT2D eigenvalue weighted by Gasteiger charge is 2.20. The van der Waals surface area contributed by atoms with Crippen molar-refractivity contribution in [3.8, 4) is 11.5 Å². The van der Waals surface area contributed by atoms with Gasteiger partial charge >= 0.3 is 5.97 Å². The number of fused-ring (bicyclic) bond motifs is 3. The van der Waals surface area contributed by atoms with Gasteiger partial charge in [0.2, 0.25) is 0 Å². The molecule has 0 amide bonds. The van der Waals surface area contributed by atoms with Gasteiger partial charge in [0.15, 0.2) is 22.8 Å². The minimum atomic E-state index is -1.12. The number of nitrogens with zero attached hydrogens (tertiary/aromatic N) is 6. The van der Waals surface area contributed by atoms with Crippen LogP contribution in [0.4, 0.5) is 0 Å². The molecule has 0 aliphatic carbocycles. The van der Waals surface area contributed by atoms with Gasteiger partial charge < -0.3 is 15.1 Å². The van der Waals surface area contributed by atoms with Crippen molar-refractivity contribution in [2.45, 2.75) is 0 Å². The summed E-state index contributed by atoms with van der Waals surface area (Å²) in [4.78, 5) is 28.7. The number of hydrogen-bond acceptors (Lipinski definition) is 6. The molecule has 0 bridgehead atoms. The molecule has 0 atom stereocenters. The zero-order valence-electron chi connectivity index (χ0n) is 9.77. The molecular weight excluding hydrogens is 264 g/mol. The average molecular weight is 270 g/mol. The number of aromatic carboxylic acids is 1. The van der Waals surface area contributed by atoms with E-state index in [-0.39, 0.29) is 11.4 Å². The average Bonchev–Trinajstić information content (AvgIpc) is 3.15. The number of imidazole rings is 2. The minimum Gasteiger partial charge on any atom is -0.477 e. The number of rotatable bonds is 2. The van der Waals surface area contributed by atoms with Gasteiger partial charge in [-0.1, -0.05) is 0 Å².